The Labute approximate surface area is 77.7 Å². The van der Waals surface area contributed by atoms with Gasteiger partial charge in [-0.2, -0.15) is 5.26 Å². The minimum Gasteiger partial charge on any atom is -0.478 e. The first-order valence-electron chi connectivity index (χ1n) is 4.39. The number of carbonyl (C=O) groups is 1. The Morgan fingerprint density at radius 2 is 2.15 bits per heavy atom. The Morgan fingerprint density at radius 3 is 2.54 bits per heavy atom. The zero-order chi connectivity index (χ0) is 9.90. The largest absolute Gasteiger partial charge is 0.478 e. The number of nitriles is 1. The zero-order valence-electron chi connectivity index (χ0n) is 7.71. The van der Waals surface area contributed by atoms with Crippen molar-refractivity contribution in [2.45, 2.75) is 32.6 Å². The molecule has 1 N–H and O–H groups in total. The maximum atomic E-state index is 10.4. The first-order valence-corrected chi connectivity index (χ1v) is 4.39. The van der Waals surface area contributed by atoms with Crippen molar-refractivity contribution in [3.05, 3.63) is 11.6 Å². The minimum atomic E-state index is -0.879. The van der Waals surface area contributed by atoms with Crippen LogP contribution in [0.25, 0.3) is 0 Å². The molecule has 0 aromatic heterocycles. The lowest BCUT2D eigenvalue weighted by Crippen LogP contribution is -2.19. The van der Waals surface area contributed by atoms with E-state index in [0.29, 0.717) is 0 Å². The quantitative estimate of drug-likeness (QED) is 0.627. The van der Waals surface area contributed by atoms with Gasteiger partial charge in [-0.15, -0.1) is 0 Å². The van der Waals surface area contributed by atoms with Gasteiger partial charge in [-0.05, 0) is 32.6 Å². The average molecular weight is 179 g/mol. The van der Waals surface area contributed by atoms with Crippen LogP contribution in [0, 0.1) is 16.7 Å². The Morgan fingerprint density at radius 1 is 1.62 bits per heavy atom. The van der Waals surface area contributed by atoms with Gasteiger partial charge in [0, 0.05) is 6.08 Å². The van der Waals surface area contributed by atoms with Crippen LogP contribution in [-0.4, -0.2) is 11.1 Å². The van der Waals surface area contributed by atoms with E-state index in [-0.39, 0.29) is 5.41 Å². The molecule has 0 spiro atoms. The van der Waals surface area contributed by atoms with Gasteiger partial charge in [0.2, 0.25) is 0 Å². The summed E-state index contributed by atoms with van der Waals surface area (Å²) < 4.78 is 0. The van der Waals surface area contributed by atoms with Crippen LogP contribution in [0.3, 0.4) is 0 Å². The highest BCUT2D eigenvalue weighted by Gasteiger charge is 2.28. The molecule has 0 heterocycles. The molecule has 13 heavy (non-hydrogen) atoms. The van der Waals surface area contributed by atoms with Crippen LogP contribution in [0.1, 0.15) is 32.6 Å². The van der Waals surface area contributed by atoms with Gasteiger partial charge in [-0.25, -0.2) is 4.79 Å². The van der Waals surface area contributed by atoms with Crippen molar-refractivity contribution >= 4 is 5.97 Å². The number of carboxylic acids is 1. The van der Waals surface area contributed by atoms with E-state index in [0.717, 1.165) is 31.3 Å². The molecule has 1 saturated carbocycles. The third-order valence-corrected chi connectivity index (χ3v) is 2.59. The second-order valence-electron chi connectivity index (χ2n) is 3.81. The molecule has 0 radical (unpaired) electrons. The summed E-state index contributed by atoms with van der Waals surface area (Å²) in [6, 6.07) is 2.28. The summed E-state index contributed by atoms with van der Waals surface area (Å²) >= 11 is 0. The fourth-order valence-electron chi connectivity index (χ4n) is 1.55. The Hall–Kier alpha value is -1.30. The molecule has 0 saturated heterocycles. The molecule has 0 aromatic rings. The molecule has 1 fully saturated rings. The highest BCUT2D eigenvalue weighted by molar-refractivity contribution is 5.80. The summed E-state index contributed by atoms with van der Waals surface area (Å²) in [4.78, 5) is 10.4. The number of hydrogen-bond acceptors (Lipinski definition) is 2. The summed E-state index contributed by atoms with van der Waals surface area (Å²) in [6.45, 7) is 1.94. The fraction of sp³-hybridized carbons (Fsp3) is 0.600. The number of nitrogens with zero attached hydrogens (tertiary/aromatic N) is 1. The average Bonchev–Trinajstić information content (AvgIpc) is 2.09. The van der Waals surface area contributed by atoms with Gasteiger partial charge in [0.1, 0.15) is 0 Å². The maximum absolute atomic E-state index is 10.4. The molecule has 0 bridgehead atoms. The smallest absolute Gasteiger partial charge is 0.328 e. The van der Waals surface area contributed by atoms with E-state index in [1.807, 2.05) is 6.92 Å². The second kappa shape index (κ2) is 3.61. The molecular weight excluding hydrogens is 166 g/mol. The predicted octanol–water partition coefficient (Wildman–Crippen LogP) is 2.10. The highest BCUT2D eigenvalue weighted by Crippen LogP contribution is 2.37. The van der Waals surface area contributed by atoms with E-state index in [1.54, 1.807) is 0 Å². The molecule has 1 rings (SSSR count). The SMILES string of the molecule is CC1(C#N)CCC(=CC(=O)O)CC1. The van der Waals surface area contributed by atoms with Crippen LogP contribution in [-0.2, 0) is 4.79 Å². The van der Waals surface area contributed by atoms with Crippen molar-refractivity contribution in [3.8, 4) is 6.07 Å². The number of hydrogen-bond donors (Lipinski definition) is 1. The minimum absolute atomic E-state index is 0.240. The third-order valence-electron chi connectivity index (χ3n) is 2.59. The highest BCUT2D eigenvalue weighted by atomic mass is 16.4. The number of rotatable bonds is 1. The summed E-state index contributed by atoms with van der Waals surface area (Å²) in [5.74, 6) is -0.879. The second-order valence-corrected chi connectivity index (χ2v) is 3.81. The molecular formula is C10H13NO2. The molecule has 0 atom stereocenters. The first kappa shape index (κ1) is 9.79. The summed E-state index contributed by atoms with van der Waals surface area (Å²) in [5, 5.41) is 17.3. The first-order chi connectivity index (χ1) is 6.06. The molecule has 3 heteroatoms. The molecule has 0 aromatic carbocycles. The lowest BCUT2D eigenvalue weighted by molar-refractivity contribution is -0.131. The van der Waals surface area contributed by atoms with E-state index in [2.05, 4.69) is 6.07 Å². The van der Waals surface area contributed by atoms with Gasteiger partial charge >= 0.3 is 5.97 Å². The summed E-state index contributed by atoms with van der Waals surface area (Å²) in [7, 11) is 0. The van der Waals surface area contributed by atoms with Crippen molar-refractivity contribution in [2.75, 3.05) is 0 Å². The summed E-state index contributed by atoms with van der Waals surface area (Å²) in [5.41, 5.74) is 0.718. The van der Waals surface area contributed by atoms with Crippen molar-refractivity contribution in [1.29, 1.82) is 5.26 Å². The van der Waals surface area contributed by atoms with Gasteiger partial charge in [0.05, 0.1) is 11.5 Å². The van der Waals surface area contributed by atoms with Crippen LogP contribution in [0.15, 0.2) is 11.6 Å². The lowest BCUT2D eigenvalue weighted by atomic mass is 9.75. The lowest BCUT2D eigenvalue weighted by Gasteiger charge is -2.27. The number of allylic oxidation sites excluding steroid dienone is 1. The Bertz CT molecular complexity index is 276. The van der Waals surface area contributed by atoms with Gasteiger partial charge in [0.25, 0.3) is 0 Å². The molecule has 70 valence electrons. The van der Waals surface area contributed by atoms with Crippen LogP contribution >= 0.6 is 0 Å². The van der Waals surface area contributed by atoms with Crippen LogP contribution in [0.2, 0.25) is 0 Å². The van der Waals surface area contributed by atoms with E-state index in [4.69, 9.17) is 10.4 Å². The van der Waals surface area contributed by atoms with Crippen molar-refractivity contribution in [2.24, 2.45) is 5.41 Å². The van der Waals surface area contributed by atoms with Crippen molar-refractivity contribution < 1.29 is 9.90 Å². The number of aliphatic carboxylic acids is 1. The molecule has 0 aliphatic heterocycles. The fourth-order valence-corrected chi connectivity index (χ4v) is 1.55. The summed E-state index contributed by atoms with van der Waals surface area (Å²) in [6.07, 6.45) is 4.33. The van der Waals surface area contributed by atoms with Gasteiger partial charge in [0.15, 0.2) is 0 Å². The standard InChI is InChI=1S/C10H13NO2/c1-10(7-11)4-2-8(3-5-10)6-9(12)13/h6H,2-5H2,1H3,(H,12,13). The van der Waals surface area contributed by atoms with E-state index in [9.17, 15) is 4.79 Å². The van der Waals surface area contributed by atoms with E-state index < -0.39 is 5.97 Å². The molecule has 0 amide bonds. The molecule has 3 nitrogen and oxygen atoms in total. The van der Waals surface area contributed by atoms with Crippen LogP contribution in [0.5, 0.6) is 0 Å². The monoisotopic (exact) mass is 179 g/mol. The Kier molecular flexibility index (Phi) is 2.72. The van der Waals surface area contributed by atoms with E-state index in [1.165, 1.54) is 6.08 Å². The van der Waals surface area contributed by atoms with Crippen molar-refractivity contribution in [1.82, 2.24) is 0 Å². The van der Waals surface area contributed by atoms with Gasteiger partial charge < -0.3 is 5.11 Å². The molecule has 1 aliphatic rings. The molecule has 1 aliphatic carbocycles. The maximum Gasteiger partial charge on any atom is 0.328 e. The molecule has 0 unspecified atom stereocenters. The van der Waals surface area contributed by atoms with E-state index >= 15 is 0 Å². The predicted molar refractivity (Wildman–Crippen MR) is 47.9 cm³/mol. The topological polar surface area (TPSA) is 61.1 Å². The van der Waals surface area contributed by atoms with Gasteiger partial charge in [-0.3, -0.25) is 0 Å². The van der Waals surface area contributed by atoms with Crippen LogP contribution < -0.4 is 0 Å². The van der Waals surface area contributed by atoms with Crippen LogP contribution in [0.4, 0.5) is 0 Å². The number of carboxylic acid groups (broad SMARTS) is 1. The van der Waals surface area contributed by atoms with Crippen molar-refractivity contribution in [3.63, 3.8) is 0 Å². The zero-order valence-corrected chi connectivity index (χ0v) is 7.71. The normalized spacial score (nSPS) is 27.8. The third kappa shape index (κ3) is 2.59. The Balaban J connectivity index is 2.59. The van der Waals surface area contributed by atoms with Gasteiger partial charge in [-0.1, -0.05) is 5.57 Å².